The van der Waals surface area contributed by atoms with Crippen molar-refractivity contribution in [1.82, 2.24) is 15.1 Å². The number of nitrogens with zero attached hydrogens (tertiary/aromatic N) is 2. The van der Waals surface area contributed by atoms with E-state index in [-0.39, 0.29) is 0 Å². The van der Waals surface area contributed by atoms with Crippen LogP contribution in [0.4, 0.5) is 0 Å². The third-order valence-electron chi connectivity index (χ3n) is 3.74. The molecule has 0 unspecified atom stereocenters. The van der Waals surface area contributed by atoms with Crippen LogP contribution < -0.4 is 5.32 Å². The van der Waals surface area contributed by atoms with Gasteiger partial charge in [0, 0.05) is 45.8 Å². The van der Waals surface area contributed by atoms with Gasteiger partial charge in [0.05, 0.1) is 0 Å². The number of benzene rings is 1. The molecule has 0 aromatic heterocycles. The molecule has 0 atom stereocenters. The molecule has 1 N–H and O–H groups in total. The zero-order valence-corrected chi connectivity index (χ0v) is 12.6. The fraction of sp³-hybridized carbons (Fsp3) is 0.625. The molecule has 3 heteroatoms. The molecule has 1 fully saturated rings. The van der Waals surface area contributed by atoms with Crippen LogP contribution in [0.3, 0.4) is 0 Å². The normalized spacial score (nSPS) is 17.1. The molecule has 1 aliphatic rings. The number of likely N-dealkylation sites (N-methyl/N-ethyl adjacent to an activating group) is 1. The summed E-state index contributed by atoms with van der Waals surface area (Å²) in [7, 11) is 2.22. The second-order valence-electron chi connectivity index (χ2n) is 5.83. The van der Waals surface area contributed by atoms with Gasteiger partial charge in [-0.2, -0.15) is 0 Å². The van der Waals surface area contributed by atoms with Gasteiger partial charge in [0.15, 0.2) is 0 Å². The van der Waals surface area contributed by atoms with Crippen LogP contribution in [-0.4, -0.2) is 56.1 Å². The minimum absolute atomic E-state index is 1.05. The van der Waals surface area contributed by atoms with Gasteiger partial charge in [0.1, 0.15) is 0 Å². The molecule has 0 radical (unpaired) electrons. The number of hydrogen-bond donors (Lipinski definition) is 1. The SMILES string of the molecule is Cc1cc(C)cc(CN(C)CCN2CCNCC2)c1. The number of piperazine rings is 1. The van der Waals surface area contributed by atoms with E-state index >= 15 is 0 Å². The van der Waals surface area contributed by atoms with E-state index in [1.165, 1.54) is 36.3 Å². The van der Waals surface area contributed by atoms with Crippen LogP contribution in [-0.2, 0) is 6.54 Å². The van der Waals surface area contributed by atoms with Crippen molar-refractivity contribution in [2.45, 2.75) is 20.4 Å². The van der Waals surface area contributed by atoms with Crippen molar-refractivity contribution in [3.63, 3.8) is 0 Å². The Morgan fingerprint density at radius 1 is 1.11 bits per heavy atom. The highest BCUT2D eigenvalue weighted by Crippen LogP contribution is 2.10. The van der Waals surface area contributed by atoms with Crippen LogP contribution in [0.15, 0.2) is 18.2 Å². The van der Waals surface area contributed by atoms with Crippen molar-refractivity contribution in [2.24, 2.45) is 0 Å². The summed E-state index contributed by atoms with van der Waals surface area (Å²) in [6.45, 7) is 12.4. The number of aryl methyl sites for hydroxylation is 2. The van der Waals surface area contributed by atoms with Crippen molar-refractivity contribution in [1.29, 1.82) is 0 Å². The molecule has 106 valence electrons. The van der Waals surface area contributed by atoms with Crippen LogP contribution in [0, 0.1) is 13.8 Å². The Morgan fingerprint density at radius 2 is 1.74 bits per heavy atom. The van der Waals surface area contributed by atoms with Crippen molar-refractivity contribution < 1.29 is 0 Å². The first-order valence-corrected chi connectivity index (χ1v) is 7.32. The van der Waals surface area contributed by atoms with Crippen LogP contribution in [0.1, 0.15) is 16.7 Å². The quantitative estimate of drug-likeness (QED) is 0.869. The predicted octanol–water partition coefficient (Wildman–Crippen LogP) is 1.64. The van der Waals surface area contributed by atoms with E-state index in [4.69, 9.17) is 0 Å². The summed E-state index contributed by atoms with van der Waals surface area (Å²) in [5.74, 6) is 0. The molecule has 1 saturated heterocycles. The summed E-state index contributed by atoms with van der Waals surface area (Å²) in [5.41, 5.74) is 4.16. The first-order valence-electron chi connectivity index (χ1n) is 7.32. The van der Waals surface area contributed by atoms with Gasteiger partial charge < -0.3 is 10.2 Å². The smallest absolute Gasteiger partial charge is 0.0231 e. The summed E-state index contributed by atoms with van der Waals surface area (Å²) in [6, 6.07) is 6.84. The van der Waals surface area contributed by atoms with Crippen LogP contribution in [0.25, 0.3) is 0 Å². The Hall–Kier alpha value is -0.900. The van der Waals surface area contributed by atoms with Crippen molar-refractivity contribution in [3.05, 3.63) is 34.9 Å². The third-order valence-corrected chi connectivity index (χ3v) is 3.74. The van der Waals surface area contributed by atoms with Gasteiger partial charge in [0.2, 0.25) is 0 Å². The van der Waals surface area contributed by atoms with Gasteiger partial charge in [-0.15, -0.1) is 0 Å². The van der Waals surface area contributed by atoms with Gasteiger partial charge in [-0.1, -0.05) is 29.3 Å². The molecule has 0 aliphatic carbocycles. The van der Waals surface area contributed by atoms with Crippen molar-refractivity contribution in [3.8, 4) is 0 Å². The maximum Gasteiger partial charge on any atom is 0.0231 e. The number of rotatable bonds is 5. The number of nitrogens with one attached hydrogen (secondary N) is 1. The Bertz CT molecular complexity index is 377. The van der Waals surface area contributed by atoms with Crippen molar-refractivity contribution >= 4 is 0 Å². The molecule has 1 aromatic rings. The fourth-order valence-corrected chi connectivity index (χ4v) is 2.80. The van der Waals surface area contributed by atoms with E-state index in [2.05, 4.69) is 54.2 Å². The first-order chi connectivity index (χ1) is 9.13. The molecule has 0 spiro atoms. The average Bonchev–Trinajstić information content (AvgIpc) is 2.36. The van der Waals surface area contributed by atoms with Gasteiger partial charge in [-0.05, 0) is 26.5 Å². The Balaban J connectivity index is 1.78. The molecule has 1 heterocycles. The highest BCUT2D eigenvalue weighted by atomic mass is 15.2. The fourth-order valence-electron chi connectivity index (χ4n) is 2.80. The topological polar surface area (TPSA) is 18.5 Å². The average molecular weight is 261 g/mol. The zero-order chi connectivity index (χ0) is 13.7. The minimum atomic E-state index is 1.05. The lowest BCUT2D eigenvalue weighted by molar-refractivity contribution is 0.202. The molecular formula is C16H27N3. The first kappa shape index (κ1) is 14.5. The largest absolute Gasteiger partial charge is 0.314 e. The summed E-state index contributed by atoms with van der Waals surface area (Å²) in [4.78, 5) is 4.98. The lowest BCUT2D eigenvalue weighted by Crippen LogP contribution is -2.45. The summed E-state index contributed by atoms with van der Waals surface area (Å²) < 4.78 is 0. The van der Waals surface area contributed by atoms with Crippen LogP contribution in [0.5, 0.6) is 0 Å². The van der Waals surface area contributed by atoms with E-state index in [1.807, 2.05) is 0 Å². The molecular weight excluding hydrogens is 234 g/mol. The second kappa shape index (κ2) is 7.04. The van der Waals surface area contributed by atoms with Crippen molar-refractivity contribution in [2.75, 3.05) is 46.3 Å². The van der Waals surface area contributed by atoms with Gasteiger partial charge in [-0.3, -0.25) is 4.90 Å². The maximum absolute atomic E-state index is 3.40. The van der Waals surface area contributed by atoms with Gasteiger partial charge >= 0.3 is 0 Å². The zero-order valence-electron chi connectivity index (χ0n) is 12.6. The monoisotopic (exact) mass is 261 g/mol. The van der Waals surface area contributed by atoms with E-state index in [0.717, 1.165) is 26.2 Å². The third kappa shape index (κ3) is 4.94. The molecule has 19 heavy (non-hydrogen) atoms. The second-order valence-corrected chi connectivity index (χ2v) is 5.83. The van der Waals surface area contributed by atoms with E-state index in [0.29, 0.717) is 0 Å². The lowest BCUT2D eigenvalue weighted by Gasteiger charge is -2.29. The van der Waals surface area contributed by atoms with E-state index in [9.17, 15) is 0 Å². The molecule has 0 bridgehead atoms. The molecule has 3 nitrogen and oxygen atoms in total. The predicted molar refractivity (Wildman–Crippen MR) is 81.6 cm³/mol. The molecule has 0 amide bonds. The lowest BCUT2D eigenvalue weighted by atomic mass is 10.1. The standard InChI is InChI=1S/C16H27N3/c1-14-10-15(2)12-16(11-14)13-18(3)8-9-19-6-4-17-5-7-19/h10-12,17H,4-9,13H2,1-3H3. The van der Waals surface area contributed by atoms with E-state index in [1.54, 1.807) is 0 Å². The molecule has 1 aromatic carbocycles. The molecule has 1 aliphatic heterocycles. The maximum atomic E-state index is 3.40. The highest BCUT2D eigenvalue weighted by Gasteiger charge is 2.10. The Kier molecular flexibility index (Phi) is 5.37. The minimum Gasteiger partial charge on any atom is -0.314 e. The Morgan fingerprint density at radius 3 is 2.37 bits per heavy atom. The summed E-state index contributed by atoms with van der Waals surface area (Å²) in [6.07, 6.45) is 0. The number of hydrogen-bond acceptors (Lipinski definition) is 3. The molecule has 0 saturated carbocycles. The van der Waals surface area contributed by atoms with Gasteiger partial charge in [-0.25, -0.2) is 0 Å². The van der Waals surface area contributed by atoms with E-state index < -0.39 is 0 Å². The van der Waals surface area contributed by atoms with Crippen LogP contribution in [0.2, 0.25) is 0 Å². The Labute approximate surface area is 117 Å². The van der Waals surface area contributed by atoms with Gasteiger partial charge in [0.25, 0.3) is 0 Å². The summed E-state index contributed by atoms with van der Waals surface area (Å²) >= 11 is 0. The molecule has 2 rings (SSSR count). The highest BCUT2D eigenvalue weighted by molar-refractivity contribution is 5.28. The van der Waals surface area contributed by atoms with Crippen LogP contribution >= 0.6 is 0 Å². The summed E-state index contributed by atoms with van der Waals surface area (Å²) in [5, 5.41) is 3.40.